The Kier molecular flexibility index (Phi) is 4.51. The Morgan fingerprint density at radius 2 is 1.70 bits per heavy atom. The molecule has 0 bridgehead atoms. The predicted molar refractivity (Wildman–Crippen MR) is 132 cm³/mol. The van der Waals surface area contributed by atoms with Gasteiger partial charge in [0.2, 0.25) is 5.69 Å². The largest absolute Gasteiger partial charge is 0.454 e. The first-order chi connectivity index (χ1) is 16.0. The summed E-state index contributed by atoms with van der Waals surface area (Å²) in [7, 11) is 4.13. The number of nitrogens with zero attached hydrogens (tertiary/aromatic N) is 2. The van der Waals surface area contributed by atoms with E-state index >= 15 is 4.39 Å². The van der Waals surface area contributed by atoms with Crippen molar-refractivity contribution in [2.24, 2.45) is 7.05 Å². The van der Waals surface area contributed by atoms with E-state index in [0.717, 1.165) is 63.8 Å². The third kappa shape index (κ3) is 2.97. The van der Waals surface area contributed by atoms with Gasteiger partial charge in [0.15, 0.2) is 6.20 Å². The number of benzene rings is 3. The molecule has 5 aromatic rings. The molecule has 3 aromatic carbocycles. The van der Waals surface area contributed by atoms with Gasteiger partial charge in [-0.1, -0.05) is 30.3 Å². The Bertz CT molecular complexity index is 1550. The molecule has 2 aromatic heterocycles. The van der Waals surface area contributed by atoms with Crippen molar-refractivity contribution in [1.82, 2.24) is 0 Å². The normalized spacial score (nSPS) is 13.6. The van der Waals surface area contributed by atoms with Crippen molar-refractivity contribution < 1.29 is 13.4 Å². The summed E-state index contributed by atoms with van der Waals surface area (Å²) in [6, 6.07) is 20.0. The highest BCUT2D eigenvalue weighted by Crippen LogP contribution is 2.45. The molecule has 0 saturated carbocycles. The second kappa shape index (κ2) is 7.45. The zero-order valence-corrected chi connectivity index (χ0v) is 19.2. The van der Waals surface area contributed by atoms with Crippen LogP contribution in [-0.2, 0) is 13.5 Å². The summed E-state index contributed by atoms with van der Waals surface area (Å²) >= 11 is 0. The van der Waals surface area contributed by atoms with Crippen molar-refractivity contribution in [3.63, 3.8) is 0 Å². The maximum atomic E-state index is 15.5. The van der Waals surface area contributed by atoms with Crippen molar-refractivity contribution in [2.45, 2.75) is 19.8 Å². The smallest absolute Gasteiger partial charge is 0.216 e. The number of hydrogen-bond donors (Lipinski definition) is 0. The van der Waals surface area contributed by atoms with Crippen molar-refractivity contribution in [2.75, 3.05) is 18.5 Å². The monoisotopic (exact) mass is 437 g/mol. The van der Waals surface area contributed by atoms with Crippen molar-refractivity contribution in [3.8, 4) is 22.4 Å². The number of aromatic nitrogens is 1. The molecular weight excluding hydrogens is 411 g/mol. The number of halogens is 1. The van der Waals surface area contributed by atoms with Crippen LogP contribution in [0.25, 0.3) is 44.3 Å². The lowest BCUT2D eigenvalue weighted by Gasteiger charge is -2.30. The van der Waals surface area contributed by atoms with Gasteiger partial charge in [0.05, 0.1) is 11.1 Å². The predicted octanol–water partition coefficient (Wildman–Crippen LogP) is 6.57. The lowest BCUT2D eigenvalue weighted by molar-refractivity contribution is -0.660. The highest BCUT2D eigenvalue weighted by molar-refractivity contribution is 6.14. The lowest BCUT2D eigenvalue weighted by atomic mass is 9.93. The Hall–Kier alpha value is -3.66. The van der Waals surface area contributed by atoms with Gasteiger partial charge in [0.25, 0.3) is 0 Å². The quantitative estimate of drug-likeness (QED) is 0.291. The highest BCUT2D eigenvalue weighted by Gasteiger charge is 2.26. The molecule has 0 radical (unpaired) electrons. The van der Waals surface area contributed by atoms with E-state index in [4.69, 9.17) is 4.42 Å². The fraction of sp³-hybridized carbons (Fsp3) is 0.207. The number of anilines is 1. The van der Waals surface area contributed by atoms with E-state index in [0.29, 0.717) is 11.1 Å². The van der Waals surface area contributed by atoms with Gasteiger partial charge in [-0.05, 0) is 49.1 Å². The number of rotatable bonds is 2. The summed E-state index contributed by atoms with van der Waals surface area (Å²) in [5.41, 5.74) is 8.49. The van der Waals surface area contributed by atoms with Crippen molar-refractivity contribution >= 4 is 27.6 Å². The van der Waals surface area contributed by atoms with Gasteiger partial charge < -0.3 is 9.32 Å². The van der Waals surface area contributed by atoms with Crippen molar-refractivity contribution in [1.29, 1.82) is 0 Å². The number of hydrogen-bond acceptors (Lipinski definition) is 2. The number of pyridine rings is 1. The molecule has 0 N–H and O–H groups in total. The van der Waals surface area contributed by atoms with E-state index in [9.17, 15) is 0 Å². The Morgan fingerprint density at radius 3 is 2.52 bits per heavy atom. The van der Waals surface area contributed by atoms with Crippen LogP contribution in [0.1, 0.15) is 17.5 Å². The topological polar surface area (TPSA) is 20.3 Å². The van der Waals surface area contributed by atoms with Gasteiger partial charge in [-0.25, -0.2) is 8.96 Å². The molecule has 0 saturated heterocycles. The van der Waals surface area contributed by atoms with Gasteiger partial charge in [-0.2, -0.15) is 0 Å². The number of fused-ring (bicyclic) bond motifs is 4. The molecule has 3 heterocycles. The van der Waals surface area contributed by atoms with Crippen LogP contribution < -0.4 is 9.47 Å². The molecule has 0 aliphatic carbocycles. The molecule has 0 amide bonds. The molecule has 1 aliphatic heterocycles. The Morgan fingerprint density at radius 1 is 0.909 bits per heavy atom. The number of furan rings is 1. The summed E-state index contributed by atoms with van der Waals surface area (Å²) in [6.45, 7) is 3.06. The van der Waals surface area contributed by atoms with E-state index in [1.54, 1.807) is 6.07 Å². The molecule has 1 aliphatic rings. The Balaban J connectivity index is 1.71. The fourth-order valence-electron chi connectivity index (χ4n) is 5.39. The maximum Gasteiger partial charge on any atom is 0.216 e. The van der Waals surface area contributed by atoms with Gasteiger partial charge in [0.1, 0.15) is 24.0 Å². The van der Waals surface area contributed by atoms with Crippen LogP contribution in [-0.4, -0.2) is 13.6 Å². The fourth-order valence-corrected chi connectivity index (χ4v) is 5.39. The van der Waals surface area contributed by atoms with Crippen LogP contribution in [0.3, 0.4) is 0 Å². The van der Waals surface area contributed by atoms with E-state index in [1.807, 2.05) is 43.6 Å². The van der Waals surface area contributed by atoms with Crippen LogP contribution >= 0.6 is 0 Å². The van der Waals surface area contributed by atoms with Crippen LogP contribution in [0.15, 0.2) is 71.3 Å². The van der Waals surface area contributed by atoms with Crippen LogP contribution in [0.4, 0.5) is 10.1 Å². The average molecular weight is 438 g/mol. The molecule has 0 fully saturated rings. The third-order valence-corrected chi connectivity index (χ3v) is 6.99. The minimum absolute atomic E-state index is 0.252. The van der Waals surface area contributed by atoms with E-state index in [2.05, 4.69) is 47.7 Å². The molecule has 0 spiro atoms. The summed E-state index contributed by atoms with van der Waals surface area (Å²) < 4.78 is 24.2. The van der Waals surface area contributed by atoms with E-state index in [1.165, 1.54) is 5.56 Å². The second-order valence-electron chi connectivity index (χ2n) is 9.07. The molecule has 164 valence electrons. The molecular formula is C29H26FN2O+. The minimum atomic E-state index is -0.252. The molecule has 0 atom stereocenters. The molecule has 33 heavy (non-hydrogen) atoms. The van der Waals surface area contributed by atoms with Gasteiger partial charge >= 0.3 is 0 Å². The highest BCUT2D eigenvalue weighted by atomic mass is 19.1. The van der Waals surface area contributed by atoms with Gasteiger partial charge in [-0.3, -0.25) is 0 Å². The molecule has 0 unspecified atom stereocenters. The summed E-state index contributed by atoms with van der Waals surface area (Å²) in [5, 5.41) is 1.95. The summed E-state index contributed by atoms with van der Waals surface area (Å²) in [5.74, 6) is -0.252. The summed E-state index contributed by atoms with van der Waals surface area (Å²) in [6.07, 6.45) is 4.16. The van der Waals surface area contributed by atoms with Crippen molar-refractivity contribution in [3.05, 3.63) is 83.8 Å². The van der Waals surface area contributed by atoms with Crippen LogP contribution in [0.2, 0.25) is 0 Å². The zero-order valence-electron chi connectivity index (χ0n) is 19.2. The first kappa shape index (κ1) is 20.0. The molecule has 3 nitrogen and oxygen atoms in total. The third-order valence-electron chi connectivity index (χ3n) is 6.99. The van der Waals surface area contributed by atoms with E-state index < -0.39 is 0 Å². The molecule has 6 rings (SSSR count). The van der Waals surface area contributed by atoms with Gasteiger partial charge in [0, 0.05) is 47.7 Å². The maximum absolute atomic E-state index is 15.5. The number of para-hydroxylation sites is 1. The average Bonchev–Trinajstić information content (AvgIpc) is 3.18. The zero-order chi connectivity index (χ0) is 22.7. The first-order valence-corrected chi connectivity index (χ1v) is 11.5. The second-order valence-corrected chi connectivity index (χ2v) is 9.07. The van der Waals surface area contributed by atoms with Crippen LogP contribution in [0, 0.1) is 12.7 Å². The van der Waals surface area contributed by atoms with Crippen LogP contribution in [0.5, 0.6) is 0 Å². The van der Waals surface area contributed by atoms with Gasteiger partial charge in [-0.15, -0.1) is 0 Å². The number of aryl methyl sites for hydroxylation is 3. The Labute approximate surface area is 192 Å². The standard InChI is InChI=1S/C29H26FN2O/c1-18-12-13-20-21-14-15-23(30)26(22-10-6-8-19-9-7-17-32(3)27(19)22)29(21)33-28(20)25(18)24-11-4-5-16-31(24)2/h4-6,8,10-16H,7,9,17H2,1-3H3/q+1. The first-order valence-electron chi connectivity index (χ1n) is 11.5. The molecule has 4 heteroatoms. The SMILES string of the molecule is Cc1ccc2c(oc3c(-c4cccc5c4N(C)CCC5)c(F)ccc32)c1-c1cccc[n+]1C. The minimum Gasteiger partial charge on any atom is -0.454 e. The lowest BCUT2D eigenvalue weighted by Crippen LogP contribution is -2.30. The summed E-state index contributed by atoms with van der Waals surface area (Å²) in [4.78, 5) is 2.24. The van der Waals surface area contributed by atoms with E-state index in [-0.39, 0.29) is 5.82 Å².